The number of hydrogen-bond donors (Lipinski definition) is 3. The van der Waals surface area contributed by atoms with Crippen molar-refractivity contribution >= 4 is 5.97 Å². The Balaban J connectivity index is -0.000000481. The summed E-state index contributed by atoms with van der Waals surface area (Å²) in [5.74, 6) is 0.191. The number of unbranched alkanes of at least 4 members (excludes halogenated alkanes) is 2. The highest BCUT2D eigenvalue weighted by Crippen LogP contribution is 2.25. The summed E-state index contributed by atoms with van der Waals surface area (Å²) >= 11 is 0. The first kappa shape index (κ1) is 41.5. The molecule has 2 atom stereocenters. The van der Waals surface area contributed by atoms with E-state index in [1.165, 1.54) is 50.5 Å². The molecule has 0 spiro atoms. The summed E-state index contributed by atoms with van der Waals surface area (Å²) in [6.07, 6.45) is 19.0. The number of ether oxygens (including phenoxy) is 2. The molecule has 39 heavy (non-hydrogen) atoms. The van der Waals surface area contributed by atoms with Gasteiger partial charge in [-0.3, -0.25) is 4.79 Å². The minimum absolute atomic E-state index is 0.282. The van der Waals surface area contributed by atoms with Crippen LogP contribution in [0.2, 0.25) is 0 Å². The number of benzene rings is 1. The van der Waals surface area contributed by atoms with E-state index in [1.54, 1.807) is 13.8 Å². The summed E-state index contributed by atoms with van der Waals surface area (Å²) < 4.78 is 9.19. The number of aliphatic hydroxyl groups excluding tert-OH is 2. The van der Waals surface area contributed by atoms with Crippen molar-refractivity contribution in [2.45, 2.75) is 125 Å². The van der Waals surface area contributed by atoms with Gasteiger partial charge >= 0.3 is 5.97 Å². The van der Waals surface area contributed by atoms with E-state index in [1.807, 2.05) is 46.8 Å². The number of aliphatic hydroxyl groups is 2. The maximum atomic E-state index is 9.94. The number of allylic oxidation sites excluding steroid dienone is 4. The molecule has 1 aromatic carbocycles. The Labute approximate surface area is 240 Å². The molecular formula is C33H60O6. The fraction of sp³-hybridized carbons (Fsp3) is 0.667. The fourth-order valence-electron chi connectivity index (χ4n) is 3.53. The summed E-state index contributed by atoms with van der Waals surface area (Å²) in [5, 5.41) is 24.8. The zero-order valence-electron chi connectivity index (χ0n) is 26.0. The average Bonchev–Trinajstić information content (AvgIpc) is 3.43. The van der Waals surface area contributed by atoms with E-state index < -0.39 is 18.5 Å². The molecule has 0 saturated heterocycles. The number of carboxylic acid groups (broad SMARTS) is 1. The van der Waals surface area contributed by atoms with Gasteiger partial charge in [-0.15, -0.1) is 0 Å². The Bertz CT molecular complexity index is 639. The van der Waals surface area contributed by atoms with Crippen molar-refractivity contribution in [1.82, 2.24) is 0 Å². The van der Waals surface area contributed by atoms with Crippen molar-refractivity contribution in [3.05, 3.63) is 60.2 Å². The predicted molar refractivity (Wildman–Crippen MR) is 165 cm³/mol. The van der Waals surface area contributed by atoms with Crippen LogP contribution in [0.15, 0.2) is 54.6 Å². The molecule has 6 heteroatoms. The van der Waals surface area contributed by atoms with E-state index in [0.29, 0.717) is 13.2 Å². The van der Waals surface area contributed by atoms with Crippen LogP contribution in [0.1, 0.15) is 112 Å². The Morgan fingerprint density at radius 1 is 0.923 bits per heavy atom. The number of rotatable bonds is 13. The summed E-state index contributed by atoms with van der Waals surface area (Å²) in [5.41, 5.74) is 1.47. The number of aliphatic carboxylic acids is 1. The summed E-state index contributed by atoms with van der Waals surface area (Å²) in [7, 11) is 0. The van der Waals surface area contributed by atoms with Gasteiger partial charge in [-0.2, -0.15) is 0 Å². The van der Waals surface area contributed by atoms with E-state index in [0.717, 1.165) is 18.8 Å². The fourth-order valence-corrected chi connectivity index (χ4v) is 3.53. The molecule has 0 radical (unpaired) electrons. The van der Waals surface area contributed by atoms with Crippen molar-refractivity contribution in [3.8, 4) is 0 Å². The van der Waals surface area contributed by atoms with Crippen molar-refractivity contribution < 1.29 is 29.6 Å². The minimum atomic E-state index is -0.709. The van der Waals surface area contributed by atoms with Crippen molar-refractivity contribution in [3.63, 3.8) is 0 Å². The maximum absolute atomic E-state index is 9.94. The second kappa shape index (κ2) is 34.0. The zero-order valence-corrected chi connectivity index (χ0v) is 26.0. The number of hydrogen-bond acceptors (Lipinski definition) is 5. The third kappa shape index (κ3) is 38.2. The molecule has 1 fully saturated rings. The molecule has 0 bridgehead atoms. The molecule has 0 heterocycles. The zero-order chi connectivity index (χ0) is 30.2. The van der Waals surface area contributed by atoms with Crippen molar-refractivity contribution in [2.24, 2.45) is 5.92 Å². The van der Waals surface area contributed by atoms with Crippen LogP contribution < -0.4 is 0 Å². The molecule has 6 nitrogen and oxygen atoms in total. The molecule has 0 aliphatic heterocycles. The van der Waals surface area contributed by atoms with Gasteiger partial charge in [0.05, 0.1) is 0 Å². The van der Waals surface area contributed by atoms with Crippen molar-refractivity contribution in [2.75, 3.05) is 13.2 Å². The first-order valence-corrected chi connectivity index (χ1v) is 14.9. The lowest BCUT2D eigenvalue weighted by molar-refractivity contribution is -0.137. The minimum Gasteiger partial charge on any atom is -0.481 e. The van der Waals surface area contributed by atoms with Crippen LogP contribution in [0.25, 0.3) is 0 Å². The summed E-state index contributed by atoms with van der Waals surface area (Å²) in [6.45, 7) is 13.9. The molecule has 3 N–H and O–H groups in total. The van der Waals surface area contributed by atoms with Crippen LogP contribution in [0.5, 0.6) is 0 Å². The normalized spacial score (nSPS) is 14.1. The lowest BCUT2D eigenvalue weighted by atomic mass is 10.1. The third-order valence-electron chi connectivity index (χ3n) is 5.30. The van der Waals surface area contributed by atoms with Gasteiger partial charge in [0.2, 0.25) is 0 Å². The Morgan fingerprint density at radius 2 is 1.44 bits per heavy atom. The van der Waals surface area contributed by atoms with Gasteiger partial charge in [-0.05, 0) is 91.0 Å². The highest BCUT2D eigenvalue weighted by Gasteiger charge is 2.10. The summed E-state index contributed by atoms with van der Waals surface area (Å²) in [6, 6.07) is 10.8. The lowest BCUT2D eigenvalue weighted by Gasteiger charge is -2.01. The molecule has 1 saturated carbocycles. The molecular weight excluding hydrogens is 492 g/mol. The first-order valence-electron chi connectivity index (χ1n) is 14.9. The molecule has 0 amide bonds. The highest BCUT2D eigenvalue weighted by atomic mass is 16.6. The van der Waals surface area contributed by atoms with E-state index in [2.05, 4.69) is 52.0 Å². The van der Waals surface area contributed by atoms with Gasteiger partial charge in [0.15, 0.2) is 12.6 Å². The van der Waals surface area contributed by atoms with E-state index in [9.17, 15) is 4.79 Å². The molecule has 1 aliphatic rings. The molecule has 1 aliphatic carbocycles. The van der Waals surface area contributed by atoms with Crippen LogP contribution in [0.3, 0.4) is 0 Å². The van der Waals surface area contributed by atoms with Gasteiger partial charge in [-0.1, -0.05) is 81.3 Å². The van der Waals surface area contributed by atoms with Gasteiger partial charge in [0.25, 0.3) is 0 Å². The van der Waals surface area contributed by atoms with Gasteiger partial charge in [0.1, 0.15) is 0 Å². The Kier molecular flexibility index (Phi) is 36.2. The molecule has 228 valence electrons. The molecule has 2 rings (SSSR count). The topological polar surface area (TPSA) is 96.2 Å². The van der Waals surface area contributed by atoms with E-state index >= 15 is 0 Å². The molecule has 1 aromatic rings. The quantitative estimate of drug-likeness (QED) is 0.129. The third-order valence-corrected chi connectivity index (χ3v) is 5.30. The molecule has 0 aromatic heterocycles. The van der Waals surface area contributed by atoms with Gasteiger partial charge in [0, 0.05) is 19.6 Å². The second-order valence-electron chi connectivity index (χ2n) is 8.81. The number of carbonyl (C=O) groups is 1. The smallest absolute Gasteiger partial charge is 0.303 e. The SMILES string of the molecule is C(=C\C1CCCC1)/CCCc1ccccc1.C/C=C\CCCC(=O)O.CC.CCOC(C)O.CCOC(C)O. The van der Waals surface area contributed by atoms with Crippen LogP contribution in [0, 0.1) is 5.92 Å². The van der Waals surface area contributed by atoms with Gasteiger partial charge in [-0.25, -0.2) is 0 Å². The lowest BCUT2D eigenvalue weighted by Crippen LogP contribution is -2.04. The monoisotopic (exact) mass is 552 g/mol. The highest BCUT2D eigenvalue weighted by molar-refractivity contribution is 5.66. The second-order valence-corrected chi connectivity index (χ2v) is 8.81. The van der Waals surface area contributed by atoms with E-state index in [4.69, 9.17) is 15.3 Å². The standard InChI is InChI=1S/C16H22.C7H12O2.2C4H10O2.C2H6/c1-3-9-15(10-4-1)11-5-2-6-12-16-13-7-8-14-16;1-2-3-4-5-6-7(8)9;2*1-3-6-4(2)5;1-2/h1,3-4,6,9-10,12,16H,2,5,7-8,11,13-14H2;2-3H,4-6H2,1H3,(H,8,9);2*4-5H,3H2,1-2H3;1-2H3/b12-6+;3-2-;;;. The van der Waals surface area contributed by atoms with E-state index in [-0.39, 0.29) is 6.42 Å². The van der Waals surface area contributed by atoms with Crippen LogP contribution in [-0.2, 0) is 20.7 Å². The Morgan fingerprint density at radius 3 is 1.85 bits per heavy atom. The van der Waals surface area contributed by atoms with Crippen molar-refractivity contribution in [1.29, 1.82) is 0 Å². The largest absolute Gasteiger partial charge is 0.481 e. The maximum Gasteiger partial charge on any atom is 0.303 e. The van der Waals surface area contributed by atoms with Crippen LogP contribution in [-0.4, -0.2) is 47.1 Å². The van der Waals surface area contributed by atoms with Crippen LogP contribution >= 0.6 is 0 Å². The number of aryl methyl sites for hydroxylation is 1. The summed E-state index contributed by atoms with van der Waals surface area (Å²) in [4.78, 5) is 9.94. The average molecular weight is 553 g/mol. The number of carboxylic acids is 1. The van der Waals surface area contributed by atoms with Gasteiger partial charge < -0.3 is 24.8 Å². The predicted octanol–water partition coefficient (Wildman–Crippen LogP) is 8.32. The first-order chi connectivity index (χ1) is 18.8. The van der Waals surface area contributed by atoms with Crippen LogP contribution in [0.4, 0.5) is 0 Å². The Hall–Kier alpha value is -1.99. The molecule has 2 unspecified atom stereocenters.